The number of H-pyrrole nitrogens is 1. The number of hydrogen-bond acceptors (Lipinski definition) is 7. The molecule has 7 nitrogen and oxygen atoms in total. The largest absolute Gasteiger partial charge is 0.365 e. The SMILES string of the molecule is C=CCn1c(Sc2ncc(NCOC)s2)n[nH]c1=O. The zero-order valence-electron chi connectivity index (χ0n) is 10.3. The molecule has 0 atom stereocenters. The third-order valence-corrected chi connectivity index (χ3v) is 4.11. The molecule has 2 aromatic heterocycles. The minimum Gasteiger partial charge on any atom is -0.365 e. The topological polar surface area (TPSA) is 84.8 Å². The highest BCUT2D eigenvalue weighted by atomic mass is 32.2. The summed E-state index contributed by atoms with van der Waals surface area (Å²) in [6, 6.07) is 0. The van der Waals surface area contributed by atoms with E-state index < -0.39 is 0 Å². The fourth-order valence-corrected chi connectivity index (χ4v) is 3.09. The lowest BCUT2D eigenvalue weighted by atomic mass is 10.6. The van der Waals surface area contributed by atoms with E-state index in [2.05, 4.69) is 27.1 Å². The van der Waals surface area contributed by atoms with E-state index in [1.165, 1.54) is 27.7 Å². The van der Waals surface area contributed by atoms with Gasteiger partial charge in [0.15, 0.2) is 9.50 Å². The van der Waals surface area contributed by atoms with Gasteiger partial charge in [-0.2, -0.15) is 0 Å². The van der Waals surface area contributed by atoms with E-state index in [0.717, 1.165) is 9.34 Å². The second kappa shape index (κ2) is 6.55. The first-order chi connectivity index (χ1) is 9.24. The van der Waals surface area contributed by atoms with Crippen molar-refractivity contribution in [2.45, 2.75) is 16.0 Å². The number of rotatable bonds is 7. The van der Waals surface area contributed by atoms with Crippen LogP contribution in [0.4, 0.5) is 5.00 Å². The van der Waals surface area contributed by atoms with Gasteiger partial charge in [-0.15, -0.1) is 11.7 Å². The third kappa shape index (κ3) is 3.46. The standard InChI is InChI=1S/C10H13N5O2S2/c1-3-4-15-8(16)13-14-9(15)19-10-11-5-7(18-10)12-6-17-2/h3,5,12H,1,4,6H2,2H3,(H,13,16). The van der Waals surface area contributed by atoms with Gasteiger partial charge in [-0.1, -0.05) is 17.4 Å². The van der Waals surface area contributed by atoms with E-state index in [4.69, 9.17) is 4.74 Å². The average molecular weight is 299 g/mol. The van der Waals surface area contributed by atoms with Crippen LogP contribution in [0.5, 0.6) is 0 Å². The summed E-state index contributed by atoms with van der Waals surface area (Å²) in [7, 11) is 1.61. The van der Waals surface area contributed by atoms with Gasteiger partial charge >= 0.3 is 5.69 Å². The minimum atomic E-state index is -0.253. The van der Waals surface area contributed by atoms with Crippen LogP contribution in [0, 0.1) is 0 Å². The number of nitrogens with zero attached hydrogens (tertiary/aromatic N) is 3. The lowest BCUT2D eigenvalue weighted by Gasteiger charge is -1.99. The van der Waals surface area contributed by atoms with Crippen molar-refractivity contribution < 1.29 is 4.74 Å². The van der Waals surface area contributed by atoms with Crippen LogP contribution in [0.2, 0.25) is 0 Å². The second-order valence-corrected chi connectivity index (χ2v) is 5.66. The normalized spacial score (nSPS) is 10.6. The van der Waals surface area contributed by atoms with Crippen molar-refractivity contribution in [2.24, 2.45) is 0 Å². The molecule has 0 unspecified atom stereocenters. The Morgan fingerprint density at radius 2 is 2.58 bits per heavy atom. The predicted octanol–water partition coefficient (Wildman–Crippen LogP) is 1.38. The molecule has 0 amide bonds. The minimum absolute atomic E-state index is 0.253. The monoisotopic (exact) mass is 299 g/mol. The number of nitrogens with one attached hydrogen (secondary N) is 2. The van der Waals surface area contributed by atoms with Gasteiger partial charge in [0.2, 0.25) is 0 Å². The summed E-state index contributed by atoms with van der Waals surface area (Å²) < 4.78 is 7.21. The van der Waals surface area contributed by atoms with E-state index >= 15 is 0 Å². The number of anilines is 1. The zero-order chi connectivity index (χ0) is 13.7. The summed E-state index contributed by atoms with van der Waals surface area (Å²) in [5.74, 6) is 0. The Morgan fingerprint density at radius 3 is 3.32 bits per heavy atom. The Kier molecular flexibility index (Phi) is 4.77. The molecule has 2 N–H and O–H groups in total. The lowest BCUT2D eigenvalue weighted by Crippen LogP contribution is -2.16. The number of hydrogen-bond donors (Lipinski definition) is 2. The first-order valence-corrected chi connectivity index (χ1v) is 7.00. The van der Waals surface area contributed by atoms with E-state index in [0.29, 0.717) is 18.4 Å². The number of ether oxygens (including phenoxy) is 1. The molecule has 102 valence electrons. The van der Waals surface area contributed by atoms with E-state index in [9.17, 15) is 4.79 Å². The Balaban J connectivity index is 2.10. The van der Waals surface area contributed by atoms with Crippen molar-refractivity contribution in [3.05, 3.63) is 29.3 Å². The van der Waals surface area contributed by atoms with Gasteiger partial charge in [-0.25, -0.2) is 14.9 Å². The molecule has 0 spiro atoms. The summed E-state index contributed by atoms with van der Waals surface area (Å²) in [4.78, 5) is 15.7. The van der Waals surface area contributed by atoms with Gasteiger partial charge in [-0.3, -0.25) is 4.57 Å². The van der Waals surface area contributed by atoms with Crippen LogP contribution in [0.25, 0.3) is 0 Å². The first-order valence-electron chi connectivity index (χ1n) is 5.37. The Morgan fingerprint density at radius 1 is 1.74 bits per heavy atom. The van der Waals surface area contributed by atoms with Gasteiger partial charge in [-0.05, 0) is 11.8 Å². The van der Waals surface area contributed by atoms with Gasteiger partial charge < -0.3 is 10.1 Å². The second-order valence-electron chi connectivity index (χ2n) is 3.41. The molecule has 2 heterocycles. The maximum atomic E-state index is 11.5. The Labute approximate surface area is 117 Å². The van der Waals surface area contributed by atoms with Crippen LogP contribution in [0.1, 0.15) is 0 Å². The van der Waals surface area contributed by atoms with E-state index in [1.807, 2.05) is 0 Å². The van der Waals surface area contributed by atoms with Gasteiger partial charge in [0.1, 0.15) is 11.7 Å². The fourth-order valence-electron chi connectivity index (χ4n) is 1.28. The average Bonchev–Trinajstić information content (AvgIpc) is 2.98. The summed E-state index contributed by atoms with van der Waals surface area (Å²) in [5, 5.41) is 10.9. The smallest absolute Gasteiger partial charge is 0.344 e. The predicted molar refractivity (Wildman–Crippen MR) is 74.8 cm³/mol. The number of methoxy groups -OCH3 is 1. The summed E-state index contributed by atoms with van der Waals surface area (Å²) in [5.41, 5.74) is -0.253. The zero-order valence-corrected chi connectivity index (χ0v) is 11.9. The first kappa shape index (κ1) is 13.8. The van der Waals surface area contributed by atoms with Gasteiger partial charge in [0, 0.05) is 13.7 Å². The molecular weight excluding hydrogens is 286 g/mol. The molecule has 0 bridgehead atoms. The molecule has 9 heteroatoms. The van der Waals surface area contributed by atoms with Crippen molar-refractivity contribution in [1.82, 2.24) is 19.7 Å². The maximum absolute atomic E-state index is 11.5. The van der Waals surface area contributed by atoms with Crippen LogP contribution < -0.4 is 11.0 Å². The van der Waals surface area contributed by atoms with Gasteiger partial charge in [0.05, 0.1) is 6.20 Å². The van der Waals surface area contributed by atoms with Crippen molar-refractivity contribution in [1.29, 1.82) is 0 Å². The fraction of sp³-hybridized carbons (Fsp3) is 0.300. The lowest BCUT2D eigenvalue weighted by molar-refractivity contribution is 0.221. The molecule has 0 fully saturated rings. The highest BCUT2D eigenvalue weighted by Gasteiger charge is 2.11. The molecule has 0 radical (unpaired) electrons. The molecule has 0 aliphatic rings. The van der Waals surface area contributed by atoms with Crippen LogP contribution in [0.3, 0.4) is 0 Å². The number of aromatic amines is 1. The van der Waals surface area contributed by atoms with Crippen molar-refractivity contribution >= 4 is 28.1 Å². The van der Waals surface area contributed by atoms with E-state index in [1.54, 1.807) is 19.4 Å². The van der Waals surface area contributed by atoms with Gasteiger partial charge in [0.25, 0.3) is 0 Å². The molecule has 0 aliphatic carbocycles. The highest BCUT2D eigenvalue weighted by molar-refractivity contribution is 8.00. The number of thiazole rings is 1. The van der Waals surface area contributed by atoms with Crippen molar-refractivity contribution in [2.75, 3.05) is 19.2 Å². The molecule has 0 saturated carbocycles. The van der Waals surface area contributed by atoms with Crippen molar-refractivity contribution in [3.63, 3.8) is 0 Å². The Bertz CT molecular complexity index is 603. The van der Waals surface area contributed by atoms with Crippen LogP contribution in [-0.4, -0.2) is 33.6 Å². The molecule has 0 saturated heterocycles. The van der Waals surface area contributed by atoms with E-state index in [-0.39, 0.29) is 5.69 Å². The molecule has 2 aromatic rings. The molecule has 0 aromatic carbocycles. The molecule has 19 heavy (non-hydrogen) atoms. The van der Waals surface area contributed by atoms with Crippen LogP contribution >= 0.6 is 23.1 Å². The Hall–Kier alpha value is -1.58. The molecular formula is C10H13N5O2S2. The quantitative estimate of drug-likeness (QED) is 0.593. The molecule has 0 aliphatic heterocycles. The number of aromatic nitrogens is 4. The van der Waals surface area contributed by atoms with Crippen LogP contribution in [-0.2, 0) is 11.3 Å². The summed E-state index contributed by atoms with van der Waals surface area (Å²) in [6.45, 7) is 4.46. The summed E-state index contributed by atoms with van der Waals surface area (Å²) >= 11 is 2.80. The summed E-state index contributed by atoms with van der Waals surface area (Å²) in [6.07, 6.45) is 3.36. The highest BCUT2D eigenvalue weighted by Crippen LogP contribution is 2.31. The van der Waals surface area contributed by atoms with Crippen LogP contribution in [0.15, 0.2) is 33.1 Å². The third-order valence-electron chi connectivity index (χ3n) is 2.09. The number of allylic oxidation sites excluding steroid dienone is 1. The van der Waals surface area contributed by atoms with Crippen molar-refractivity contribution in [3.8, 4) is 0 Å². The maximum Gasteiger partial charge on any atom is 0.344 e. The molecule has 2 rings (SSSR count).